The summed E-state index contributed by atoms with van der Waals surface area (Å²) >= 11 is 0. The van der Waals surface area contributed by atoms with Crippen molar-refractivity contribution >= 4 is 17.5 Å². The monoisotopic (exact) mass is 274 g/mol. The van der Waals surface area contributed by atoms with Crippen LogP contribution in [-0.2, 0) is 4.74 Å². The van der Waals surface area contributed by atoms with Gasteiger partial charge < -0.3 is 9.64 Å². The molecule has 0 radical (unpaired) electrons. The molecule has 0 aliphatic rings. The predicted molar refractivity (Wildman–Crippen MR) is 74.7 cm³/mol. The molecule has 0 fully saturated rings. The lowest BCUT2D eigenvalue weighted by Gasteiger charge is -2.22. The summed E-state index contributed by atoms with van der Waals surface area (Å²) in [5.74, 6) is -0.171. The Kier molecular flexibility index (Phi) is 4.30. The second kappa shape index (κ2) is 6.14. The number of anilines is 2. The van der Waals surface area contributed by atoms with Gasteiger partial charge in [-0.15, -0.1) is 0 Å². The molecule has 1 aromatic carbocycles. The zero-order valence-corrected chi connectivity index (χ0v) is 11.3. The Labute approximate surface area is 116 Å². The van der Waals surface area contributed by atoms with Crippen molar-refractivity contribution in [2.75, 3.05) is 18.6 Å². The van der Waals surface area contributed by atoms with E-state index in [9.17, 15) is 9.18 Å². The Bertz CT molecular complexity index is 616. The summed E-state index contributed by atoms with van der Waals surface area (Å²) in [6.07, 6.45) is 1.53. The van der Waals surface area contributed by atoms with Crippen LogP contribution in [0.15, 0.2) is 42.6 Å². The Morgan fingerprint density at radius 3 is 2.80 bits per heavy atom. The Hall–Kier alpha value is -2.43. The molecule has 1 aromatic heterocycles. The summed E-state index contributed by atoms with van der Waals surface area (Å²) in [5, 5.41) is 0. The van der Waals surface area contributed by atoms with E-state index in [0.29, 0.717) is 23.6 Å². The zero-order chi connectivity index (χ0) is 14.5. The molecule has 0 saturated carbocycles. The van der Waals surface area contributed by atoms with Gasteiger partial charge in [-0.25, -0.2) is 14.2 Å². The summed E-state index contributed by atoms with van der Waals surface area (Å²) in [6.45, 7) is 2.53. The molecule has 0 unspecified atom stereocenters. The fraction of sp³-hybridized carbons (Fsp3) is 0.200. The lowest BCUT2D eigenvalue weighted by molar-refractivity contribution is 0.0600. The van der Waals surface area contributed by atoms with Crippen LogP contribution in [0.1, 0.15) is 17.3 Å². The van der Waals surface area contributed by atoms with E-state index in [0.717, 1.165) is 0 Å². The van der Waals surface area contributed by atoms with Crippen molar-refractivity contribution in [3.63, 3.8) is 0 Å². The molecule has 5 heteroatoms. The van der Waals surface area contributed by atoms with Gasteiger partial charge in [0.25, 0.3) is 0 Å². The Morgan fingerprint density at radius 2 is 2.15 bits per heavy atom. The summed E-state index contributed by atoms with van der Waals surface area (Å²) in [5.41, 5.74) is 1.09. The van der Waals surface area contributed by atoms with Crippen molar-refractivity contribution in [3.05, 3.63) is 54.0 Å². The molecule has 0 atom stereocenters. The quantitative estimate of drug-likeness (QED) is 0.803. The number of carbonyl (C=O) groups is 1. The molecule has 0 N–H and O–H groups in total. The summed E-state index contributed by atoms with van der Waals surface area (Å²) in [6, 6.07) is 9.44. The molecule has 0 aliphatic heterocycles. The van der Waals surface area contributed by atoms with E-state index in [1.54, 1.807) is 24.3 Å². The number of aromatic nitrogens is 1. The maximum Gasteiger partial charge on any atom is 0.338 e. The third-order valence-corrected chi connectivity index (χ3v) is 2.88. The normalized spacial score (nSPS) is 10.2. The maximum absolute atomic E-state index is 13.3. The van der Waals surface area contributed by atoms with Crippen molar-refractivity contribution < 1.29 is 13.9 Å². The molecule has 20 heavy (non-hydrogen) atoms. The van der Waals surface area contributed by atoms with Crippen LogP contribution in [0.4, 0.5) is 15.9 Å². The largest absolute Gasteiger partial charge is 0.465 e. The number of carbonyl (C=O) groups excluding carboxylic acids is 1. The Balaban J connectivity index is 2.39. The highest BCUT2D eigenvalue weighted by atomic mass is 19.1. The number of benzene rings is 1. The van der Waals surface area contributed by atoms with E-state index in [-0.39, 0.29) is 5.82 Å². The molecule has 2 rings (SSSR count). The topological polar surface area (TPSA) is 42.4 Å². The minimum atomic E-state index is -0.427. The van der Waals surface area contributed by atoms with Crippen LogP contribution in [0.5, 0.6) is 0 Å². The van der Waals surface area contributed by atoms with E-state index in [1.165, 1.54) is 25.4 Å². The molecule has 104 valence electrons. The van der Waals surface area contributed by atoms with Crippen molar-refractivity contribution in [2.24, 2.45) is 0 Å². The van der Waals surface area contributed by atoms with E-state index >= 15 is 0 Å². The highest BCUT2D eigenvalue weighted by Crippen LogP contribution is 2.24. The van der Waals surface area contributed by atoms with Crippen LogP contribution < -0.4 is 4.90 Å². The molecule has 1 heterocycles. The average Bonchev–Trinajstić information content (AvgIpc) is 2.47. The van der Waals surface area contributed by atoms with Gasteiger partial charge in [-0.1, -0.05) is 6.07 Å². The lowest BCUT2D eigenvalue weighted by Crippen LogP contribution is -2.18. The maximum atomic E-state index is 13.3. The zero-order valence-electron chi connectivity index (χ0n) is 11.3. The van der Waals surface area contributed by atoms with Crippen LogP contribution in [0.3, 0.4) is 0 Å². The third kappa shape index (κ3) is 2.93. The van der Waals surface area contributed by atoms with Gasteiger partial charge in [0.05, 0.1) is 12.7 Å². The minimum Gasteiger partial charge on any atom is -0.465 e. The van der Waals surface area contributed by atoms with Crippen molar-refractivity contribution in [2.45, 2.75) is 6.92 Å². The Morgan fingerprint density at radius 1 is 1.35 bits per heavy atom. The van der Waals surface area contributed by atoms with E-state index in [1.807, 2.05) is 11.8 Å². The molecule has 0 saturated heterocycles. The summed E-state index contributed by atoms with van der Waals surface area (Å²) in [7, 11) is 1.33. The number of rotatable bonds is 4. The fourth-order valence-corrected chi connectivity index (χ4v) is 1.93. The third-order valence-electron chi connectivity index (χ3n) is 2.88. The van der Waals surface area contributed by atoms with Gasteiger partial charge in [0.2, 0.25) is 0 Å². The molecule has 0 aliphatic carbocycles. The number of nitrogens with zero attached hydrogens (tertiary/aromatic N) is 2. The van der Waals surface area contributed by atoms with Crippen molar-refractivity contribution in [1.29, 1.82) is 0 Å². The first-order valence-electron chi connectivity index (χ1n) is 6.23. The molecule has 0 amide bonds. The SMILES string of the molecule is CCN(c1cccc(F)c1)c1cc(C(=O)OC)ccn1. The molecular weight excluding hydrogens is 259 g/mol. The van der Waals surface area contributed by atoms with Crippen molar-refractivity contribution in [3.8, 4) is 0 Å². The molecule has 2 aromatic rings. The highest BCUT2D eigenvalue weighted by Gasteiger charge is 2.12. The van der Waals surface area contributed by atoms with Gasteiger partial charge in [0, 0.05) is 18.4 Å². The number of hydrogen-bond acceptors (Lipinski definition) is 4. The van der Waals surface area contributed by atoms with Gasteiger partial charge in [-0.05, 0) is 37.3 Å². The van der Waals surface area contributed by atoms with Gasteiger partial charge in [0.1, 0.15) is 11.6 Å². The fourth-order valence-electron chi connectivity index (χ4n) is 1.93. The molecule has 4 nitrogen and oxygen atoms in total. The lowest BCUT2D eigenvalue weighted by atomic mass is 10.2. The van der Waals surface area contributed by atoms with Crippen LogP contribution in [0.25, 0.3) is 0 Å². The molecular formula is C15H15FN2O2. The number of pyridine rings is 1. The molecule has 0 spiro atoms. The van der Waals surface area contributed by atoms with Gasteiger partial charge in [0.15, 0.2) is 0 Å². The van der Waals surface area contributed by atoms with Crippen LogP contribution in [0.2, 0.25) is 0 Å². The number of esters is 1. The summed E-state index contributed by atoms with van der Waals surface area (Å²) in [4.78, 5) is 17.6. The first kappa shape index (κ1) is 14.0. The van der Waals surface area contributed by atoms with Crippen LogP contribution in [-0.4, -0.2) is 24.6 Å². The van der Waals surface area contributed by atoms with E-state index in [2.05, 4.69) is 9.72 Å². The number of hydrogen-bond donors (Lipinski definition) is 0. The predicted octanol–water partition coefficient (Wildman–Crippen LogP) is 3.17. The van der Waals surface area contributed by atoms with Gasteiger partial charge in [-0.2, -0.15) is 0 Å². The van der Waals surface area contributed by atoms with E-state index < -0.39 is 5.97 Å². The summed E-state index contributed by atoms with van der Waals surface area (Å²) < 4.78 is 18.0. The number of methoxy groups -OCH3 is 1. The highest BCUT2D eigenvalue weighted by molar-refractivity contribution is 5.90. The number of ether oxygens (including phenoxy) is 1. The number of halogens is 1. The second-order valence-electron chi connectivity index (χ2n) is 4.12. The average molecular weight is 274 g/mol. The smallest absolute Gasteiger partial charge is 0.338 e. The molecule has 0 bridgehead atoms. The van der Waals surface area contributed by atoms with Crippen molar-refractivity contribution in [1.82, 2.24) is 4.98 Å². The first-order chi connectivity index (χ1) is 9.65. The van der Waals surface area contributed by atoms with Crippen LogP contribution >= 0.6 is 0 Å². The van der Waals surface area contributed by atoms with Gasteiger partial charge >= 0.3 is 5.97 Å². The van der Waals surface area contributed by atoms with Crippen LogP contribution in [0, 0.1) is 5.82 Å². The second-order valence-corrected chi connectivity index (χ2v) is 4.12. The standard InChI is InChI=1S/C15H15FN2O2/c1-3-18(13-6-4-5-12(16)10-13)14-9-11(7-8-17-14)15(19)20-2/h4-10H,3H2,1-2H3. The van der Waals surface area contributed by atoms with Gasteiger partial charge in [-0.3, -0.25) is 0 Å². The minimum absolute atomic E-state index is 0.315. The first-order valence-corrected chi connectivity index (χ1v) is 6.23. The van der Waals surface area contributed by atoms with E-state index in [4.69, 9.17) is 0 Å².